The highest BCUT2D eigenvalue weighted by Crippen LogP contribution is 2.29. The van der Waals surface area contributed by atoms with Crippen molar-refractivity contribution in [3.8, 4) is 0 Å². The second-order valence-electron chi connectivity index (χ2n) is 4.22. The molecule has 2 aromatic carbocycles. The number of benzene rings is 2. The minimum Gasteiger partial charge on any atom is -0.378 e. The molecule has 0 aliphatic heterocycles. The summed E-state index contributed by atoms with van der Waals surface area (Å²) in [6.07, 6.45) is -4.35. The third kappa shape index (κ3) is 3.60. The Bertz CT molecular complexity index is 576. The third-order valence-electron chi connectivity index (χ3n) is 2.76. The van der Waals surface area contributed by atoms with Crippen molar-refractivity contribution in [1.29, 1.82) is 0 Å². The van der Waals surface area contributed by atoms with E-state index in [1.54, 1.807) is 30.3 Å². The van der Waals surface area contributed by atoms with Crippen LogP contribution >= 0.6 is 0 Å². The highest BCUT2D eigenvalue weighted by Gasteiger charge is 2.29. The van der Waals surface area contributed by atoms with Crippen molar-refractivity contribution in [2.75, 3.05) is 11.9 Å². The van der Waals surface area contributed by atoms with E-state index in [0.29, 0.717) is 11.3 Å². The molecule has 2 rings (SSSR count). The van der Waals surface area contributed by atoms with E-state index >= 15 is 0 Å². The van der Waals surface area contributed by atoms with Crippen molar-refractivity contribution in [3.05, 3.63) is 65.7 Å². The van der Waals surface area contributed by atoms with Crippen LogP contribution in [0.3, 0.4) is 0 Å². The molecule has 2 nitrogen and oxygen atoms in total. The minimum absolute atomic E-state index is 0.0371. The van der Waals surface area contributed by atoms with Crippen molar-refractivity contribution < 1.29 is 18.0 Å². The van der Waals surface area contributed by atoms with Crippen LogP contribution in [-0.4, -0.2) is 12.3 Å². The Labute approximate surface area is 114 Å². The summed E-state index contributed by atoms with van der Waals surface area (Å²) in [7, 11) is 0. The Morgan fingerprint density at radius 3 is 2.10 bits per heavy atom. The fraction of sp³-hybridized carbons (Fsp3) is 0.133. The zero-order valence-corrected chi connectivity index (χ0v) is 10.4. The molecule has 0 radical (unpaired) electrons. The maximum atomic E-state index is 12.4. The molecule has 2 aromatic rings. The third-order valence-corrected chi connectivity index (χ3v) is 2.76. The monoisotopic (exact) mass is 279 g/mol. The number of Topliss-reactive ketones (excluding diaryl/α,β-unsaturated/α-hetero) is 1. The Kier molecular flexibility index (Phi) is 4.08. The minimum atomic E-state index is -4.35. The summed E-state index contributed by atoms with van der Waals surface area (Å²) in [4.78, 5) is 11.8. The van der Waals surface area contributed by atoms with Crippen LogP contribution in [0.5, 0.6) is 0 Å². The lowest BCUT2D eigenvalue weighted by molar-refractivity contribution is -0.137. The van der Waals surface area contributed by atoms with Crippen LogP contribution in [0.15, 0.2) is 54.6 Å². The number of rotatable bonds is 4. The van der Waals surface area contributed by atoms with Crippen molar-refractivity contribution >= 4 is 11.5 Å². The highest BCUT2D eigenvalue weighted by molar-refractivity contribution is 5.98. The average molecular weight is 279 g/mol. The fourth-order valence-electron chi connectivity index (χ4n) is 1.69. The second-order valence-corrected chi connectivity index (χ2v) is 4.22. The van der Waals surface area contributed by atoms with Gasteiger partial charge in [0, 0.05) is 11.3 Å². The lowest BCUT2D eigenvalue weighted by Crippen LogP contribution is -2.14. The van der Waals surface area contributed by atoms with Crippen molar-refractivity contribution in [1.82, 2.24) is 0 Å². The molecule has 0 saturated heterocycles. The van der Waals surface area contributed by atoms with Crippen molar-refractivity contribution in [3.63, 3.8) is 0 Å². The first-order valence-electron chi connectivity index (χ1n) is 5.96. The van der Waals surface area contributed by atoms with Crippen LogP contribution < -0.4 is 5.32 Å². The molecule has 0 spiro atoms. The molecule has 0 aromatic heterocycles. The van der Waals surface area contributed by atoms with E-state index < -0.39 is 11.7 Å². The molecule has 0 fully saturated rings. The number of alkyl halides is 3. The van der Waals surface area contributed by atoms with Gasteiger partial charge in [-0.15, -0.1) is 0 Å². The normalized spacial score (nSPS) is 11.2. The van der Waals surface area contributed by atoms with Crippen LogP contribution in [0, 0.1) is 0 Å². The fourth-order valence-corrected chi connectivity index (χ4v) is 1.69. The first-order chi connectivity index (χ1) is 9.47. The molecule has 0 aliphatic carbocycles. The van der Waals surface area contributed by atoms with Gasteiger partial charge in [-0.25, -0.2) is 0 Å². The van der Waals surface area contributed by atoms with E-state index in [2.05, 4.69) is 5.32 Å². The van der Waals surface area contributed by atoms with Gasteiger partial charge >= 0.3 is 6.18 Å². The summed E-state index contributed by atoms with van der Waals surface area (Å²) >= 11 is 0. The molecule has 1 N–H and O–H groups in total. The summed E-state index contributed by atoms with van der Waals surface area (Å²) < 4.78 is 37.1. The van der Waals surface area contributed by atoms with Crippen LogP contribution in [0.4, 0.5) is 18.9 Å². The first kappa shape index (κ1) is 14.1. The molecular weight excluding hydrogens is 267 g/mol. The van der Waals surface area contributed by atoms with Gasteiger partial charge in [0.05, 0.1) is 12.1 Å². The molecule has 0 bridgehead atoms. The second kappa shape index (κ2) is 5.77. The Hall–Kier alpha value is -2.30. The van der Waals surface area contributed by atoms with Crippen LogP contribution in [-0.2, 0) is 6.18 Å². The van der Waals surface area contributed by atoms with Gasteiger partial charge in [-0.2, -0.15) is 13.2 Å². The summed E-state index contributed by atoms with van der Waals surface area (Å²) in [6, 6.07) is 13.3. The average Bonchev–Trinajstić information content (AvgIpc) is 2.45. The number of anilines is 1. The molecule has 0 atom stereocenters. The molecule has 104 valence electrons. The van der Waals surface area contributed by atoms with E-state index in [-0.39, 0.29) is 12.3 Å². The zero-order valence-electron chi connectivity index (χ0n) is 10.4. The van der Waals surface area contributed by atoms with Gasteiger partial charge in [0.15, 0.2) is 5.78 Å². The van der Waals surface area contributed by atoms with Gasteiger partial charge in [-0.3, -0.25) is 4.79 Å². The number of carbonyl (C=O) groups is 1. The van der Waals surface area contributed by atoms with E-state index in [9.17, 15) is 18.0 Å². The maximum Gasteiger partial charge on any atom is 0.416 e. The van der Waals surface area contributed by atoms with Crippen LogP contribution in [0.25, 0.3) is 0 Å². The summed E-state index contributed by atoms with van der Waals surface area (Å²) in [5, 5.41) is 2.80. The molecule has 20 heavy (non-hydrogen) atoms. The largest absolute Gasteiger partial charge is 0.416 e. The predicted molar refractivity (Wildman–Crippen MR) is 70.7 cm³/mol. The van der Waals surface area contributed by atoms with Gasteiger partial charge in [0.2, 0.25) is 0 Å². The zero-order chi connectivity index (χ0) is 14.6. The Morgan fingerprint density at radius 2 is 1.55 bits per heavy atom. The first-order valence-corrected chi connectivity index (χ1v) is 5.96. The summed E-state index contributed by atoms with van der Waals surface area (Å²) in [6.45, 7) is 0.0371. The van der Waals surface area contributed by atoms with Gasteiger partial charge in [0.25, 0.3) is 0 Å². The maximum absolute atomic E-state index is 12.4. The SMILES string of the molecule is O=C(CNc1ccc(C(F)(F)F)cc1)c1ccccc1. The molecule has 0 aliphatic rings. The lowest BCUT2D eigenvalue weighted by Gasteiger charge is -2.09. The van der Waals surface area contributed by atoms with E-state index in [1.807, 2.05) is 0 Å². The van der Waals surface area contributed by atoms with Gasteiger partial charge in [-0.05, 0) is 24.3 Å². The molecule has 0 heterocycles. The van der Waals surface area contributed by atoms with Gasteiger partial charge < -0.3 is 5.32 Å². The van der Waals surface area contributed by atoms with Crippen molar-refractivity contribution in [2.45, 2.75) is 6.18 Å². The van der Waals surface area contributed by atoms with Gasteiger partial charge in [0.1, 0.15) is 0 Å². The quantitative estimate of drug-likeness (QED) is 0.857. The van der Waals surface area contributed by atoms with Gasteiger partial charge in [-0.1, -0.05) is 30.3 Å². The Balaban J connectivity index is 1.96. The summed E-state index contributed by atoms with van der Waals surface area (Å²) in [5.74, 6) is -0.120. The lowest BCUT2D eigenvalue weighted by atomic mass is 10.1. The van der Waals surface area contributed by atoms with Crippen LogP contribution in [0.2, 0.25) is 0 Å². The molecule has 0 amide bonds. The number of hydrogen-bond acceptors (Lipinski definition) is 2. The topological polar surface area (TPSA) is 29.1 Å². The molecule has 5 heteroatoms. The molecule has 0 saturated carbocycles. The number of carbonyl (C=O) groups excluding carboxylic acids is 1. The van der Waals surface area contributed by atoms with Crippen LogP contribution in [0.1, 0.15) is 15.9 Å². The number of hydrogen-bond donors (Lipinski definition) is 1. The number of halogens is 3. The number of nitrogens with one attached hydrogen (secondary N) is 1. The smallest absolute Gasteiger partial charge is 0.378 e. The predicted octanol–water partition coefficient (Wildman–Crippen LogP) is 4.00. The van der Waals surface area contributed by atoms with E-state index in [4.69, 9.17) is 0 Å². The molecular formula is C15H12F3NO. The highest BCUT2D eigenvalue weighted by atomic mass is 19.4. The Morgan fingerprint density at radius 1 is 0.950 bits per heavy atom. The standard InChI is InChI=1S/C15H12F3NO/c16-15(17,18)12-6-8-13(9-7-12)19-10-14(20)11-4-2-1-3-5-11/h1-9,19H,10H2. The van der Waals surface area contributed by atoms with Crippen molar-refractivity contribution in [2.24, 2.45) is 0 Å². The molecule has 0 unspecified atom stereocenters. The summed E-state index contributed by atoms with van der Waals surface area (Å²) in [5.41, 5.74) is 0.326. The van der Waals surface area contributed by atoms with E-state index in [1.165, 1.54) is 12.1 Å². The van der Waals surface area contributed by atoms with E-state index in [0.717, 1.165) is 12.1 Å². The number of ketones is 1.